The monoisotopic (exact) mass is 325 g/mol. The number of pyridine rings is 1. The summed E-state index contributed by atoms with van der Waals surface area (Å²) >= 11 is 0. The van der Waals surface area contributed by atoms with E-state index in [1.807, 2.05) is 20.8 Å². The molecular weight excluding hydrogens is 302 g/mol. The molecule has 3 rings (SSSR count). The smallest absolute Gasteiger partial charge is 0.186 e. The van der Waals surface area contributed by atoms with E-state index in [1.54, 1.807) is 24.5 Å². The summed E-state index contributed by atoms with van der Waals surface area (Å²) in [7, 11) is 0. The van der Waals surface area contributed by atoms with E-state index >= 15 is 0 Å². The van der Waals surface area contributed by atoms with E-state index in [1.165, 1.54) is 0 Å². The van der Waals surface area contributed by atoms with Crippen molar-refractivity contribution in [1.29, 1.82) is 0 Å². The molecule has 0 amide bonds. The van der Waals surface area contributed by atoms with Gasteiger partial charge in [0, 0.05) is 44.1 Å². The fraction of sp³-hybridized carbons (Fsp3) is 0.444. The maximum atomic E-state index is 13.2. The molecule has 0 radical (unpaired) electrons. The number of hydrogen-bond acceptors (Lipinski definition) is 6. The third-order valence-electron chi connectivity index (χ3n) is 4.51. The van der Waals surface area contributed by atoms with Crippen LogP contribution >= 0.6 is 0 Å². The van der Waals surface area contributed by atoms with Gasteiger partial charge >= 0.3 is 0 Å². The van der Waals surface area contributed by atoms with Gasteiger partial charge in [0.1, 0.15) is 6.04 Å². The molecule has 6 nitrogen and oxygen atoms in total. The van der Waals surface area contributed by atoms with Crippen molar-refractivity contribution in [3.05, 3.63) is 52.9 Å². The van der Waals surface area contributed by atoms with Gasteiger partial charge in [-0.15, -0.1) is 0 Å². The molecule has 2 aromatic rings. The number of nitrogens with zero attached hydrogens (tertiary/aromatic N) is 4. The van der Waals surface area contributed by atoms with E-state index < -0.39 is 6.04 Å². The van der Waals surface area contributed by atoms with Gasteiger partial charge in [0.05, 0.1) is 22.8 Å². The lowest BCUT2D eigenvalue weighted by Crippen LogP contribution is -2.47. The van der Waals surface area contributed by atoms with Crippen LogP contribution in [0.15, 0.2) is 24.5 Å². The van der Waals surface area contributed by atoms with Crippen LogP contribution in [0, 0.1) is 20.8 Å². The second-order valence-electron chi connectivity index (χ2n) is 6.15. The number of piperazine rings is 1. The van der Waals surface area contributed by atoms with Gasteiger partial charge in [0.25, 0.3) is 0 Å². The molecule has 0 saturated carbocycles. The average molecular weight is 325 g/mol. The molecule has 24 heavy (non-hydrogen) atoms. The highest BCUT2D eigenvalue weighted by Gasteiger charge is 2.32. The van der Waals surface area contributed by atoms with Crippen molar-refractivity contribution in [3.8, 4) is 0 Å². The predicted octanol–water partition coefficient (Wildman–Crippen LogP) is 1.63. The van der Waals surface area contributed by atoms with E-state index in [-0.39, 0.29) is 5.78 Å². The molecule has 126 valence electrons. The Hall–Kier alpha value is -2.18. The first-order chi connectivity index (χ1) is 11.6. The van der Waals surface area contributed by atoms with E-state index in [0.29, 0.717) is 5.56 Å². The van der Waals surface area contributed by atoms with Gasteiger partial charge in [0.2, 0.25) is 0 Å². The Morgan fingerprint density at radius 3 is 2.33 bits per heavy atom. The number of aryl methyl sites for hydroxylation is 3. The molecular formula is C18H23N5O. The fourth-order valence-corrected chi connectivity index (χ4v) is 3.07. The third kappa shape index (κ3) is 3.34. The highest BCUT2D eigenvalue weighted by Crippen LogP contribution is 2.26. The lowest BCUT2D eigenvalue weighted by atomic mass is 9.98. The maximum Gasteiger partial charge on any atom is 0.186 e. The highest BCUT2D eigenvalue weighted by molar-refractivity contribution is 6.00. The van der Waals surface area contributed by atoms with Crippen molar-refractivity contribution in [3.63, 3.8) is 0 Å². The molecule has 2 aromatic heterocycles. The topological polar surface area (TPSA) is 71.0 Å². The van der Waals surface area contributed by atoms with Gasteiger partial charge in [-0.1, -0.05) is 0 Å². The highest BCUT2D eigenvalue weighted by atomic mass is 16.1. The zero-order chi connectivity index (χ0) is 17.1. The van der Waals surface area contributed by atoms with Crippen LogP contribution in [0.2, 0.25) is 0 Å². The standard InChI is InChI=1S/C18H23N5O/c1-12-13(2)22-16(14(3)21-12)17(23-10-8-20-9-11-23)18(24)15-4-6-19-7-5-15/h4-7,17,20H,8-11H2,1-3H3. The van der Waals surface area contributed by atoms with Crippen LogP contribution in [0.4, 0.5) is 0 Å². The number of ketones is 1. The van der Waals surface area contributed by atoms with Crippen molar-refractivity contribution in [2.24, 2.45) is 0 Å². The molecule has 1 atom stereocenters. The summed E-state index contributed by atoms with van der Waals surface area (Å²) in [5, 5.41) is 3.34. The summed E-state index contributed by atoms with van der Waals surface area (Å²) < 4.78 is 0. The Morgan fingerprint density at radius 2 is 1.67 bits per heavy atom. The van der Waals surface area contributed by atoms with Gasteiger partial charge < -0.3 is 5.32 Å². The molecule has 1 N–H and O–H groups in total. The Balaban J connectivity index is 2.05. The summed E-state index contributed by atoms with van der Waals surface area (Å²) in [6.45, 7) is 9.20. The molecule has 3 heterocycles. The molecule has 1 unspecified atom stereocenters. The molecule has 0 spiro atoms. The van der Waals surface area contributed by atoms with Gasteiger partial charge in [-0.3, -0.25) is 24.6 Å². The van der Waals surface area contributed by atoms with Gasteiger partial charge in [0.15, 0.2) is 5.78 Å². The second kappa shape index (κ2) is 7.15. The zero-order valence-electron chi connectivity index (χ0n) is 14.4. The first-order valence-corrected chi connectivity index (χ1v) is 8.28. The summed E-state index contributed by atoms with van der Waals surface area (Å²) in [6, 6.07) is 3.13. The first kappa shape index (κ1) is 16.7. The summed E-state index contributed by atoms with van der Waals surface area (Å²) in [5.74, 6) is 0.0555. The minimum Gasteiger partial charge on any atom is -0.314 e. The third-order valence-corrected chi connectivity index (χ3v) is 4.51. The van der Waals surface area contributed by atoms with Gasteiger partial charge in [-0.25, -0.2) is 0 Å². The SMILES string of the molecule is Cc1nc(C)c(C(C(=O)c2ccncc2)N2CCNCC2)nc1C. The van der Waals surface area contributed by atoms with Gasteiger partial charge in [-0.05, 0) is 32.9 Å². The minimum atomic E-state index is -0.402. The largest absolute Gasteiger partial charge is 0.314 e. The summed E-state index contributed by atoms with van der Waals surface area (Å²) in [6.07, 6.45) is 3.31. The molecule has 1 aliphatic rings. The number of carbonyl (C=O) groups is 1. The Morgan fingerprint density at radius 1 is 1.04 bits per heavy atom. The molecule has 1 aliphatic heterocycles. The molecule has 6 heteroatoms. The van der Waals surface area contributed by atoms with E-state index in [0.717, 1.165) is 49.0 Å². The lowest BCUT2D eigenvalue weighted by Gasteiger charge is -2.34. The second-order valence-corrected chi connectivity index (χ2v) is 6.15. The number of nitrogens with one attached hydrogen (secondary N) is 1. The molecule has 1 saturated heterocycles. The van der Waals surface area contributed by atoms with E-state index in [4.69, 9.17) is 4.98 Å². The van der Waals surface area contributed by atoms with Crippen LogP contribution in [0.1, 0.15) is 39.2 Å². The Kier molecular flexibility index (Phi) is 4.97. The quantitative estimate of drug-likeness (QED) is 0.862. The van der Waals surface area contributed by atoms with Crippen LogP contribution in [0.3, 0.4) is 0 Å². The van der Waals surface area contributed by atoms with Crippen LogP contribution in [-0.2, 0) is 0 Å². The Bertz CT molecular complexity index is 726. The van der Waals surface area contributed by atoms with Crippen LogP contribution in [0.5, 0.6) is 0 Å². The summed E-state index contributed by atoms with van der Waals surface area (Å²) in [5.41, 5.74) is 4.03. The van der Waals surface area contributed by atoms with Crippen molar-refractivity contribution in [2.45, 2.75) is 26.8 Å². The number of Topliss-reactive ketones (excluding diaryl/α,β-unsaturated/α-hetero) is 1. The first-order valence-electron chi connectivity index (χ1n) is 8.28. The molecule has 1 fully saturated rings. The van der Waals surface area contributed by atoms with E-state index in [9.17, 15) is 4.79 Å². The molecule has 0 bridgehead atoms. The van der Waals surface area contributed by atoms with Crippen molar-refractivity contribution in [1.82, 2.24) is 25.2 Å². The van der Waals surface area contributed by atoms with Crippen molar-refractivity contribution < 1.29 is 4.79 Å². The number of hydrogen-bond donors (Lipinski definition) is 1. The minimum absolute atomic E-state index is 0.0555. The van der Waals surface area contributed by atoms with Crippen molar-refractivity contribution >= 4 is 5.78 Å². The number of rotatable bonds is 4. The predicted molar refractivity (Wildman–Crippen MR) is 92.0 cm³/mol. The number of carbonyl (C=O) groups excluding carboxylic acids is 1. The summed E-state index contributed by atoms with van der Waals surface area (Å²) in [4.78, 5) is 28.8. The zero-order valence-corrected chi connectivity index (χ0v) is 14.4. The van der Waals surface area contributed by atoms with E-state index in [2.05, 4.69) is 20.2 Å². The van der Waals surface area contributed by atoms with Gasteiger partial charge in [-0.2, -0.15) is 0 Å². The Labute approximate surface area is 142 Å². The molecule has 0 aliphatic carbocycles. The average Bonchev–Trinajstić information content (AvgIpc) is 2.61. The van der Waals surface area contributed by atoms with Crippen LogP contribution in [0.25, 0.3) is 0 Å². The maximum absolute atomic E-state index is 13.2. The lowest BCUT2D eigenvalue weighted by molar-refractivity contribution is 0.0787. The number of aromatic nitrogens is 3. The normalized spacial score (nSPS) is 16.8. The molecule has 0 aromatic carbocycles. The van der Waals surface area contributed by atoms with Crippen molar-refractivity contribution in [2.75, 3.05) is 26.2 Å². The fourth-order valence-electron chi connectivity index (χ4n) is 3.07. The van der Waals surface area contributed by atoms with Crippen LogP contribution in [-0.4, -0.2) is 51.8 Å². The van der Waals surface area contributed by atoms with Crippen LogP contribution < -0.4 is 5.32 Å².